The van der Waals surface area contributed by atoms with Gasteiger partial charge in [0.15, 0.2) is 0 Å². The number of hydrogen-bond acceptors (Lipinski definition) is 3. The zero-order valence-corrected chi connectivity index (χ0v) is 11.3. The van der Waals surface area contributed by atoms with Crippen LogP contribution in [0.25, 0.3) is 0 Å². The normalized spacial score (nSPS) is 21.2. The standard InChI is InChI=1S/C13H29N3/c1-4-6-14-12-13(3)16-10-8-15(7-5-2)9-11-16/h13-14H,4-12H2,1-3H3. The Morgan fingerprint density at radius 3 is 2.31 bits per heavy atom. The SMILES string of the molecule is CCCNCC(C)N1CCN(CCC)CC1. The molecule has 0 radical (unpaired) electrons. The lowest BCUT2D eigenvalue weighted by Gasteiger charge is -2.38. The van der Waals surface area contributed by atoms with E-state index >= 15 is 0 Å². The number of piperazine rings is 1. The highest BCUT2D eigenvalue weighted by atomic mass is 15.3. The molecule has 0 saturated carbocycles. The smallest absolute Gasteiger partial charge is 0.0193 e. The van der Waals surface area contributed by atoms with Gasteiger partial charge in [-0.15, -0.1) is 0 Å². The van der Waals surface area contributed by atoms with E-state index in [1.54, 1.807) is 0 Å². The topological polar surface area (TPSA) is 18.5 Å². The van der Waals surface area contributed by atoms with Crippen LogP contribution in [-0.2, 0) is 0 Å². The van der Waals surface area contributed by atoms with Crippen LogP contribution >= 0.6 is 0 Å². The molecule has 1 N–H and O–H groups in total. The molecule has 0 aromatic carbocycles. The number of hydrogen-bond donors (Lipinski definition) is 1. The molecule has 3 heteroatoms. The van der Waals surface area contributed by atoms with Gasteiger partial charge in [-0.25, -0.2) is 0 Å². The van der Waals surface area contributed by atoms with Crippen LogP contribution in [0.15, 0.2) is 0 Å². The van der Waals surface area contributed by atoms with Gasteiger partial charge in [0.25, 0.3) is 0 Å². The lowest BCUT2D eigenvalue weighted by atomic mass is 10.2. The summed E-state index contributed by atoms with van der Waals surface area (Å²) in [5.41, 5.74) is 0. The highest BCUT2D eigenvalue weighted by Crippen LogP contribution is 2.06. The molecule has 1 atom stereocenters. The quantitative estimate of drug-likeness (QED) is 0.663. The molecule has 0 aromatic heterocycles. The molecule has 1 saturated heterocycles. The fourth-order valence-electron chi connectivity index (χ4n) is 2.36. The van der Waals surface area contributed by atoms with Crippen molar-refractivity contribution >= 4 is 0 Å². The van der Waals surface area contributed by atoms with Crippen molar-refractivity contribution < 1.29 is 0 Å². The van der Waals surface area contributed by atoms with Crippen LogP contribution in [0.2, 0.25) is 0 Å². The van der Waals surface area contributed by atoms with Crippen LogP contribution in [-0.4, -0.2) is 61.7 Å². The maximum Gasteiger partial charge on any atom is 0.0193 e. The lowest BCUT2D eigenvalue weighted by molar-refractivity contribution is 0.102. The summed E-state index contributed by atoms with van der Waals surface area (Å²) in [4.78, 5) is 5.21. The highest BCUT2D eigenvalue weighted by molar-refractivity contribution is 4.77. The van der Waals surface area contributed by atoms with Gasteiger partial charge in [0, 0.05) is 38.8 Å². The summed E-state index contributed by atoms with van der Waals surface area (Å²) in [6, 6.07) is 0.690. The van der Waals surface area contributed by atoms with Gasteiger partial charge in [0.2, 0.25) is 0 Å². The molecule has 16 heavy (non-hydrogen) atoms. The average molecular weight is 227 g/mol. The minimum atomic E-state index is 0.690. The molecule has 0 aliphatic carbocycles. The van der Waals surface area contributed by atoms with Crippen LogP contribution in [0.4, 0.5) is 0 Å². The van der Waals surface area contributed by atoms with Crippen molar-refractivity contribution in [1.82, 2.24) is 15.1 Å². The first-order valence-corrected chi connectivity index (χ1v) is 6.95. The molecule has 1 unspecified atom stereocenters. The zero-order chi connectivity index (χ0) is 11.8. The van der Waals surface area contributed by atoms with Crippen molar-refractivity contribution in [1.29, 1.82) is 0 Å². The van der Waals surface area contributed by atoms with E-state index in [0.29, 0.717) is 6.04 Å². The summed E-state index contributed by atoms with van der Waals surface area (Å²) >= 11 is 0. The molecule has 1 aliphatic heterocycles. The lowest BCUT2D eigenvalue weighted by Crippen LogP contribution is -2.51. The maximum absolute atomic E-state index is 3.51. The van der Waals surface area contributed by atoms with Gasteiger partial charge in [0.1, 0.15) is 0 Å². The second kappa shape index (κ2) is 8.04. The molecule has 96 valence electrons. The Balaban J connectivity index is 2.14. The fraction of sp³-hybridized carbons (Fsp3) is 1.00. The molecule has 1 aliphatic rings. The Labute approximate surface area is 101 Å². The molecular formula is C13H29N3. The first-order chi connectivity index (χ1) is 7.77. The predicted octanol–water partition coefficient (Wildman–Crippen LogP) is 1.40. The largest absolute Gasteiger partial charge is 0.315 e. The van der Waals surface area contributed by atoms with Gasteiger partial charge >= 0.3 is 0 Å². The number of nitrogens with zero attached hydrogens (tertiary/aromatic N) is 2. The molecule has 0 amide bonds. The minimum Gasteiger partial charge on any atom is -0.315 e. The summed E-state index contributed by atoms with van der Waals surface area (Å²) in [5, 5.41) is 3.51. The van der Waals surface area contributed by atoms with Crippen molar-refractivity contribution in [2.45, 2.75) is 39.7 Å². The van der Waals surface area contributed by atoms with Crippen molar-refractivity contribution in [2.75, 3.05) is 45.8 Å². The monoisotopic (exact) mass is 227 g/mol. The zero-order valence-electron chi connectivity index (χ0n) is 11.3. The fourth-order valence-corrected chi connectivity index (χ4v) is 2.36. The van der Waals surface area contributed by atoms with E-state index in [4.69, 9.17) is 0 Å². The third-order valence-corrected chi connectivity index (χ3v) is 3.44. The third-order valence-electron chi connectivity index (χ3n) is 3.44. The first kappa shape index (κ1) is 13.9. The van der Waals surface area contributed by atoms with Gasteiger partial charge in [-0.3, -0.25) is 4.90 Å². The number of rotatable bonds is 7. The molecule has 1 heterocycles. The van der Waals surface area contributed by atoms with Crippen molar-refractivity contribution in [2.24, 2.45) is 0 Å². The Morgan fingerprint density at radius 1 is 1.06 bits per heavy atom. The van der Waals surface area contributed by atoms with Crippen LogP contribution < -0.4 is 5.32 Å². The summed E-state index contributed by atoms with van der Waals surface area (Å²) in [7, 11) is 0. The molecule has 0 spiro atoms. The van der Waals surface area contributed by atoms with Crippen LogP contribution in [0.1, 0.15) is 33.6 Å². The van der Waals surface area contributed by atoms with Crippen molar-refractivity contribution in [3.05, 3.63) is 0 Å². The first-order valence-electron chi connectivity index (χ1n) is 6.95. The van der Waals surface area contributed by atoms with E-state index in [2.05, 4.69) is 35.9 Å². The van der Waals surface area contributed by atoms with E-state index in [1.807, 2.05) is 0 Å². The van der Waals surface area contributed by atoms with E-state index in [1.165, 1.54) is 45.6 Å². The van der Waals surface area contributed by atoms with E-state index in [-0.39, 0.29) is 0 Å². The van der Waals surface area contributed by atoms with Crippen LogP contribution in [0.3, 0.4) is 0 Å². The van der Waals surface area contributed by atoms with Gasteiger partial charge in [-0.2, -0.15) is 0 Å². The minimum absolute atomic E-state index is 0.690. The summed E-state index contributed by atoms with van der Waals surface area (Å²) in [5.74, 6) is 0. The van der Waals surface area contributed by atoms with Gasteiger partial charge < -0.3 is 10.2 Å². The molecule has 3 nitrogen and oxygen atoms in total. The second-order valence-electron chi connectivity index (χ2n) is 4.93. The van der Waals surface area contributed by atoms with Crippen LogP contribution in [0, 0.1) is 0 Å². The molecule has 0 aromatic rings. The molecule has 0 bridgehead atoms. The molecular weight excluding hydrogens is 198 g/mol. The summed E-state index contributed by atoms with van der Waals surface area (Å²) < 4.78 is 0. The van der Waals surface area contributed by atoms with Gasteiger partial charge in [-0.05, 0) is 32.9 Å². The highest BCUT2D eigenvalue weighted by Gasteiger charge is 2.19. The van der Waals surface area contributed by atoms with Crippen molar-refractivity contribution in [3.8, 4) is 0 Å². The molecule has 1 fully saturated rings. The Morgan fingerprint density at radius 2 is 1.75 bits per heavy atom. The van der Waals surface area contributed by atoms with Crippen LogP contribution in [0.5, 0.6) is 0 Å². The summed E-state index contributed by atoms with van der Waals surface area (Å²) in [6.07, 6.45) is 2.52. The predicted molar refractivity (Wildman–Crippen MR) is 70.9 cm³/mol. The van der Waals surface area contributed by atoms with Gasteiger partial charge in [0.05, 0.1) is 0 Å². The average Bonchev–Trinajstić information content (AvgIpc) is 2.30. The Kier molecular flexibility index (Phi) is 7.01. The summed E-state index contributed by atoms with van der Waals surface area (Å²) in [6.45, 7) is 15.4. The number of nitrogens with one attached hydrogen (secondary N) is 1. The van der Waals surface area contributed by atoms with E-state index in [9.17, 15) is 0 Å². The van der Waals surface area contributed by atoms with Gasteiger partial charge in [-0.1, -0.05) is 13.8 Å². The van der Waals surface area contributed by atoms with E-state index in [0.717, 1.165) is 13.1 Å². The Hall–Kier alpha value is -0.120. The van der Waals surface area contributed by atoms with Crippen molar-refractivity contribution in [3.63, 3.8) is 0 Å². The second-order valence-corrected chi connectivity index (χ2v) is 4.93. The maximum atomic E-state index is 3.51. The Bertz CT molecular complexity index is 165. The third kappa shape index (κ3) is 4.81. The molecule has 1 rings (SSSR count). The van der Waals surface area contributed by atoms with E-state index < -0.39 is 0 Å².